The Balaban J connectivity index is 2.53. The van der Waals surface area contributed by atoms with Crippen molar-refractivity contribution in [2.75, 3.05) is 0 Å². The van der Waals surface area contributed by atoms with Crippen molar-refractivity contribution in [2.24, 2.45) is 0 Å². The van der Waals surface area contributed by atoms with Crippen LogP contribution >= 0.6 is 12.6 Å². The van der Waals surface area contributed by atoms with Gasteiger partial charge in [-0.1, -0.05) is 31.2 Å². The molecule has 0 unspecified atom stereocenters. The van der Waals surface area contributed by atoms with Gasteiger partial charge in [0.25, 0.3) is 0 Å². The van der Waals surface area contributed by atoms with Gasteiger partial charge in [0.05, 0.1) is 0 Å². The highest BCUT2D eigenvalue weighted by atomic mass is 32.1. The molecule has 0 radical (unpaired) electrons. The molecule has 76 valence electrons. The van der Waals surface area contributed by atoms with Crippen molar-refractivity contribution in [2.45, 2.75) is 18.2 Å². The summed E-state index contributed by atoms with van der Waals surface area (Å²) in [4.78, 5) is 5.06. The number of nitrogens with zero attached hydrogens (tertiary/aromatic N) is 1. The highest BCUT2D eigenvalue weighted by Gasteiger charge is 2.02. The number of pyridine rings is 1. The SMILES string of the molecule is CCc1ccccc1-c1cncc(S)c1. The summed E-state index contributed by atoms with van der Waals surface area (Å²) in [5, 5.41) is 0. The fourth-order valence-corrected chi connectivity index (χ4v) is 1.89. The Labute approximate surface area is 95.6 Å². The third kappa shape index (κ3) is 2.21. The van der Waals surface area contributed by atoms with E-state index in [1.54, 1.807) is 6.20 Å². The fraction of sp³-hybridized carbons (Fsp3) is 0.154. The Kier molecular flexibility index (Phi) is 3.07. The molecular formula is C13H13NS. The fourth-order valence-electron chi connectivity index (χ4n) is 1.69. The number of aromatic nitrogens is 1. The quantitative estimate of drug-likeness (QED) is 0.755. The summed E-state index contributed by atoms with van der Waals surface area (Å²) >= 11 is 4.31. The molecule has 2 rings (SSSR count). The zero-order chi connectivity index (χ0) is 10.7. The summed E-state index contributed by atoms with van der Waals surface area (Å²) in [5.41, 5.74) is 3.74. The first-order valence-electron chi connectivity index (χ1n) is 5.03. The zero-order valence-corrected chi connectivity index (χ0v) is 9.54. The van der Waals surface area contributed by atoms with E-state index in [1.165, 1.54) is 11.1 Å². The highest BCUT2D eigenvalue weighted by Crippen LogP contribution is 2.24. The van der Waals surface area contributed by atoms with Crippen LogP contribution in [-0.4, -0.2) is 4.98 Å². The van der Waals surface area contributed by atoms with Crippen LogP contribution in [0.3, 0.4) is 0 Å². The summed E-state index contributed by atoms with van der Waals surface area (Å²) in [6.45, 7) is 2.16. The number of rotatable bonds is 2. The number of thiol groups is 1. The first-order chi connectivity index (χ1) is 7.31. The van der Waals surface area contributed by atoms with Crippen LogP contribution < -0.4 is 0 Å². The Morgan fingerprint density at radius 2 is 2.00 bits per heavy atom. The zero-order valence-electron chi connectivity index (χ0n) is 8.64. The van der Waals surface area contributed by atoms with Crippen LogP contribution in [0.4, 0.5) is 0 Å². The van der Waals surface area contributed by atoms with Gasteiger partial charge in [0.15, 0.2) is 0 Å². The average molecular weight is 215 g/mol. The molecule has 1 heterocycles. The summed E-state index contributed by atoms with van der Waals surface area (Å²) in [7, 11) is 0. The number of benzene rings is 1. The first kappa shape index (κ1) is 10.2. The number of aryl methyl sites for hydroxylation is 1. The third-order valence-corrected chi connectivity index (χ3v) is 2.68. The van der Waals surface area contributed by atoms with E-state index >= 15 is 0 Å². The molecular weight excluding hydrogens is 202 g/mol. The van der Waals surface area contributed by atoms with E-state index in [9.17, 15) is 0 Å². The molecule has 0 N–H and O–H groups in total. The van der Waals surface area contributed by atoms with E-state index in [-0.39, 0.29) is 0 Å². The van der Waals surface area contributed by atoms with Gasteiger partial charge in [0.2, 0.25) is 0 Å². The van der Waals surface area contributed by atoms with Gasteiger partial charge >= 0.3 is 0 Å². The predicted molar refractivity (Wildman–Crippen MR) is 66.3 cm³/mol. The summed E-state index contributed by atoms with van der Waals surface area (Å²) in [6.07, 6.45) is 4.67. The predicted octanol–water partition coefficient (Wildman–Crippen LogP) is 3.60. The van der Waals surface area contributed by atoms with Gasteiger partial charge in [-0.05, 0) is 23.6 Å². The Hall–Kier alpha value is -1.28. The molecule has 1 aromatic heterocycles. The topological polar surface area (TPSA) is 12.9 Å². The molecule has 0 saturated carbocycles. The van der Waals surface area contributed by atoms with Gasteiger partial charge in [-0.2, -0.15) is 0 Å². The maximum atomic E-state index is 4.31. The van der Waals surface area contributed by atoms with Crippen molar-refractivity contribution >= 4 is 12.6 Å². The second-order valence-electron chi connectivity index (χ2n) is 3.44. The molecule has 2 aromatic rings. The van der Waals surface area contributed by atoms with Crippen LogP contribution in [-0.2, 0) is 6.42 Å². The molecule has 0 aliphatic heterocycles. The molecule has 0 amide bonds. The Morgan fingerprint density at radius 1 is 1.20 bits per heavy atom. The van der Waals surface area contributed by atoms with Crippen molar-refractivity contribution in [1.82, 2.24) is 4.98 Å². The van der Waals surface area contributed by atoms with Crippen molar-refractivity contribution in [3.05, 3.63) is 48.3 Å². The van der Waals surface area contributed by atoms with Crippen LogP contribution in [0.2, 0.25) is 0 Å². The van der Waals surface area contributed by atoms with E-state index in [4.69, 9.17) is 0 Å². The van der Waals surface area contributed by atoms with Crippen molar-refractivity contribution < 1.29 is 0 Å². The van der Waals surface area contributed by atoms with Crippen LogP contribution in [0.15, 0.2) is 47.6 Å². The van der Waals surface area contributed by atoms with Gasteiger partial charge in [0, 0.05) is 22.9 Å². The summed E-state index contributed by atoms with van der Waals surface area (Å²) in [5.74, 6) is 0. The molecule has 15 heavy (non-hydrogen) atoms. The molecule has 0 aliphatic rings. The lowest BCUT2D eigenvalue weighted by molar-refractivity contribution is 1.14. The summed E-state index contributed by atoms with van der Waals surface area (Å²) in [6, 6.07) is 10.5. The Bertz CT molecular complexity index is 466. The van der Waals surface area contributed by atoms with E-state index < -0.39 is 0 Å². The molecule has 2 heteroatoms. The van der Waals surface area contributed by atoms with Crippen LogP contribution in [0.5, 0.6) is 0 Å². The lowest BCUT2D eigenvalue weighted by Gasteiger charge is -2.07. The van der Waals surface area contributed by atoms with E-state index in [0.29, 0.717) is 0 Å². The van der Waals surface area contributed by atoms with Crippen molar-refractivity contribution in [1.29, 1.82) is 0 Å². The van der Waals surface area contributed by atoms with Crippen LogP contribution in [0.25, 0.3) is 11.1 Å². The van der Waals surface area contributed by atoms with Crippen LogP contribution in [0, 0.1) is 0 Å². The number of hydrogen-bond acceptors (Lipinski definition) is 2. The smallest absolute Gasteiger partial charge is 0.0401 e. The molecule has 0 spiro atoms. The van der Waals surface area contributed by atoms with Crippen molar-refractivity contribution in [3.8, 4) is 11.1 Å². The standard InChI is InChI=1S/C13H13NS/c1-2-10-5-3-4-6-13(10)11-7-12(15)9-14-8-11/h3-9,15H,2H2,1H3. The second kappa shape index (κ2) is 4.49. The minimum Gasteiger partial charge on any atom is -0.263 e. The molecule has 0 bridgehead atoms. The lowest BCUT2D eigenvalue weighted by atomic mass is 10.00. The number of hydrogen-bond donors (Lipinski definition) is 1. The Morgan fingerprint density at radius 3 is 2.73 bits per heavy atom. The summed E-state index contributed by atoms with van der Waals surface area (Å²) < 4.78 is 0. The first-order valence-corrected chi connectivity index (χ1v) is 5.48. The molecule has 0 aliphatic carbocycles. The van der Waals surface area contributed by atoms with E-state index in [0.717, 1.165) is 16.9 Å². The van der Waals surface area contributed by atoms with Gasteiger partial charge in [-0.15, -0.1) is 12.6 Å². The van der Waals surface area contributed by atoms with Gasteiger partial charge in [-0.25, -0.2) is 0 Å². The maximum Gasteiger partial charge on any atom is 0.0401 e. The molecule has 0 saturated heterocycles. The maximum absolute atomic E-state index is 4.31. The minimum absolute atomic E-state index is 0.901. The molecule has 0 atom stereocenters. The molecule has 1 aromatic carbocycles. The lowest BCUT2D eigenvalue weighted by Crippen LogP contribution is -1.87. The van der Waals surface area contributed by atoms with Gasteiger partial charge in [0.1, 0.15) is 0 Å². The van der Waals surface area contributed by atoms with E-state index in [1.807, 2.05) is 12.3 Å². The average Bonchev–Trinajstić information content (AvgIpc) is 2.29. The van der Waals surface area contributed by atoms with Gasteiger partial charge < -0.3 is 0 Å². The normalized spacial score (nSPS) is 10.3. The van der Waals surface area contributed by atoms with Gasteiger partial charge in [-0.3, -0.25) is 4.98 Å². The highest BCUT2D eigenvalue weighted by molar-refractivity contribution is 7.80. The largest absolute Gasteiger partial charge is 0.263 e. The molecule has 1 nitrogen and oxygen atoms in total. The van der Waals surface area contributed by atoms with Crippen molar-refractivity contribution in [3.63, 3.8) is 0 Å². The monoisotopic (exact) mass is 215 g/mol. The van der Waals surface area contributed by atoms with E-state index in [2.05, 4.69) is 48.8 Å². The third-order valence-electron chi connectivity index (χ3n) is 2.43. The minimum atomic E-state index is 0.901. The second-order valence-corrected chi connectivity index (χ2v) is 3.96. The van der Waals surface area contributed by atoms with Crippen LogP contribution in [0.1, 0.15) is 12.5 Å². The molecule has 0 fully saturated rings.